The van der Waals surface area contributed by atoms with E-state index in [9.17, 15) is 8.42 Å². The van der Waals surface area contributed by atoms with Crippen molar-refractivity contribution in [2.24, 2.45) is 11.8 Å². The molecule has 0 aliphatic heterocycles. The van der Waals surface area contributed by atoms with Crippen molar-refractivity contribution < 1.29 is 8.42 Å². The van der Waals surface area contributed by atoms with Crippen LogP contribution in [-0.2, 0) is 9.84 Å². The minimum Gasteiger partial charge on any atom is -0.228 e. The molecule has 0 saturated heterocycles. The largest absolute Gasteiger partial charge is 0.228 e. The van der Waals surface area contributed by atoms with Gasteiger partial charge in [0.2, 0.25) is 0 Å². The molecular formula is C12H24O2S. The second-order valence-corrected chi connectivity index (χ2v) is 8.21. The van der Waals surface area contributed by atoms with E-state index in [-0.39, 0.29) is 10.5 Å². The Morgan fingerprint density at radius 3 is 1.73 bits per heavy atom. The van der Waals surface area contributed by atoms with E-state index in [4.69, 9.17) is 0 Å². The third-order valence-electron chi connectivity index (χ3n) is 3.78. The summed E-state index contributed by atoms with van der Waals surface area (Å²) in [7, 11) is -2.85. The summed E-state index contributed by atoms with van der Waals surface area (Å²) in [5.74, 6) is 1.44. The van der Waals surface area contributed by atoms with Crippen LogP contribution >= 0.6 is 0 Å². The van der Waals surface area contributed by atoms with Crippen LogP contribution in [0.5, 0.6) is 0 Å². The van der Waals surface area contributed by atoms with E-state index in [1.54, 1.807) is 13.8 Å². The standard InChI is InChI=1S/C12H24O2S/c1-9(2)11-5-7-12(8-6-11)15(13,14)10(3)4/h9-12H,5-8H2,1-4H3. The molecule has 1 fully saturated rings. The molecular weight excluding hydrogens is 208 g/mol. The van der Waals surface area contributed by atoms with Crippen LogP contribution in [0.4, 0.5) is 0 Å². The topological polar surface area (TPSA) is 34.1 Å². The Bertz CT molecular complexity index is 283. The normalized spacial score (nSPS) is 28.7. The summed E-state index contributed by atoms with van der Waals surface area (Å²) in [6.07, 6.45) is 3.94. The Hall–Kier alpha value is -0.0500. The average molecular weight is 232 g/mol. The molecule has 90 valence electrons. The second kappa shape index (κ2) is 4.86. The van der Waals surface area contributed by atoms with Gasteiger partial charge in [-0.2, -0.15) is 0 Å². The summed E-state index contributed by atoms with van der Waals surface area (Å²) in [5.41, 5.74) is 0. The van der Waals surface area contributed by atoms with Crippen molar-refractivity contribution in [3.63, 3.8) is 0 Å². The fourth-order valence-electron chi connectivity index (χ4n) is 2.47. The molecule has 0 heterocycles. The lowest BCUT2D eigenvalue weighted by Gasteiger charge is -2.31. The van der Waals surface area contributed by atoms with Crippen LogP contribution in [0.25, 0.3) is 0 Å². The third kappa shape index (κ3) is 2.96. The Morgan fingerprint density at radius 1 is 0.933 bits per heavy atom. The summed E-state index contributed by atoms with van der Waals surface area (Å²) in [6.45, 7) is 8.07. The van der Waals surface area contributed by atoms with Gasteiger partial charge in [0.25, 0.3) is 0 Å². The smallest absolute Gasteiger partial charge is 0.155 e. The zero-order chi connectivity index (χ0) is 11.6. The quantitative estimate of drug-likeness (QED) is 0.749. The van der Waals surface area contributed by atoms with Crippen molar-refractivity contribution in [2.75, 3.05) is 0 Å². The highest BCUT2D eigenvalue weighted by molar-refractivity contribution is 7.92. The molecule has 15 heavy (non-hydrogen) atoms. The molecule has 1 rings (SSSR count). The Morgan fingerprint density at radius 2 is 1.40 bits per heavy atom. The van der Waals surface area contributed by atoms with Crippen LogP contribution in [0.15, 0.2) is 0 Å². The lowest BCUT2D eigenvalue weighted by molar-refractivity contribution is 0.279. The van der Waals surface area contributed by atoms with Crippen LogP contribution in [-0.4, -0.2) is 18.9 Å². The maximum Gasteiger partial charge on any atom is 0.155 e. The third-order valence-corrected chi connectivity index (χ3v) is 6.50. The van der Waals surface area contributed by atoms with E-state index in [1.165, 1.54) is 0 Å². The first-order valence-electron chi connectivity index (χ1n) is 6.08. The van der Waals surface area contributed by atoms with Gasteiger partial charge in [-0.3, -0.25) is 0 Å². The molecule has 0 N–H and O–H groups in total. The minimum absolute atomic E-state index is 0.0625. The monoisotopic (exact) mass is 232 g/mol. The van der Waals surface area contributed by atoms with E-state index in [1.807, 2.05) is 0 Å². The highest BCUT2D eigenvalue weighted by Crippen LogP contribution is 2.33. The maximum absolute atomic E-state index is 12.0. The fourth-order valence-corrected chi connectivity index (χ4v) is 4.17. The van der Waals surface area contributed by atoms with E-state index < -0.39 is 9.84 Å². The predicted octanol–water partition coefficient (Wildman–Crippen LogP) is 3.02. The SMILES string of the molecule is CC(C)C1CCC(S(=O)(=O)C(C)C)CC1. The zero-order valence-corrected chi connectivity index (χ0v) is 11.2. The highest BCUT2D eigenvalue weighted by Gasteiger charge is 2.33. The van der Waals surface area contributed by atoms with Gasteiger partial charge in [0.15, 0.2) is 9.84 Å². The fraction of sp³-hybridized carbons (Fsp3) is 1.00. The molecule has 0 spiro atoms. The van der Waals surface area contributed by atoms with Crippen LogP contribution in [0, 0.1) is 11.8 Å². The Labute approximate surface area is 94.4 Å². The van der Waals surface area contributed by atoms with Gasteiger partial charge >= 0.3 is 0 Å². The summed E-state index contributed by atoms with van der Waals surface area (Å²) in [4.78, 5) is 0. The summed E-state index contributed by atoms with van der Waals surface area (Å²) in [5, 5.41) is -0.273. The van der Waals surface area contributed by atoms with Crippen LogP contribution in [0.1, 0.15) is 53.4 Å². The molecule has 0 aromatic heterocycles. The van der Waals surface area contributed by atoms with Crippen LogP contribution < -0.4 is 0 Å². The Kier molecular flexibility index (Phi) is 4.21. The van der Waals surface area contributed by atoms with Gasteiger partial charge in [-0.05, 0) is 51.4 Å². The van der Waals surface area contributed by atoms with E-state index in [0.29, 0.717) is 5.92 Å². The summed E-state index contributed by atoms with van der Waals surface area (Å²) < 4.78 is 23.9. The molecule has 0 aromatic carbocycles. The molecule has 0 unspecified atom stereocenters. The van der Waals surface area contributed by atoms with Gasteiger partial charge in [0, 0.05) is 0 Å². The van der Waals surface area contributed by atoms with Gasteiger partial charge in [0.05, 0.1) is 10.5 Å². The molecule has 1 aliphatic rings. The molecule has 0 bridgehead atoms. The van der Waals surface area contributed by atoms with Gasteiger partial charge in [0.1, 0.15) is 0 Å². The average Bonchev–Trinajstić information content (AvgIpc) is 2.17. The molecule has 0 amide bonds. The van der Waals surface area contributed by atoms with Gasteiger partial charge < -0.3 is 0 Å². The lowest BCUT2D eigenvalue weighted by atomic mass is 9.81. The van der Waals surface area contributed by atoms with E-state index in [0.717, 1.165) is 31.6 Å². The molecule has 0 radical (unpaired) electrons. The number of sulfone groups is 1. The van der Waals surface area contributed by atoms with Crippen molar-refractivity contribution in [1.29, 1.82) is 0 Å². The van der Waals surface area contributed by atoms with Crippen molar-refractivity contribution in [3.05, 3.63) is 0 Å². The molecule has 0 atom stereocenters. The summed E-state index contributed by atoms with van der Waals surface area (Å²) in [6, 6.07) is 0. The van der Waals surface area contributed by atoms with Gasteiger partial charge in [-0.1, -0.05) is 13.8 Å². The first kappa shape index (κ1) is 13.0. The predicted molar refractivity (Wildman–Crippen MR) is 64.6 cm³/mol. The van der Waals surface area contributed by atoms with Crippen molar-refractivity contribution >= 4 is 9.84 Å². The van der Waals surface area contributed by atoms with Gasteiger partial charge in [-0.15, -0.1) is 0 Å². The molecule has 0 aromatic rings. The zero-order valence-electron chi connectivity index (χ0n) is 10.4. The van der Waals surface area contributed by atoms with Crippen LogP contribution in [0.3, 0.4) is 0 Å². The lowest BCUT2D eigenvalue weighted by Crippen LogP contribution is -2.33. The van der Waals surface area contributed by atoms with Gasteiger partial charge in [-0.25, -0.2) is 8.42 Å². The van der Waals surface area contributed by atoms with Crippen molar-refractivity contribution in [2.45, 2.75) is 63.9 Å². The van der Waals surface area contributed by atoms with E-state index in [2.05, 4.69) is 13.8 Å². The molecule has 2 nitrogen and oxygen atoms in total. The van der Waals surface area contributed by atoms with Crippen LogP contribution in [0.2, 0.25) is 0 Å². The first-order chi connectivity index (χ1) is 6.85. The highest BCUT2D eigenvalue weighted by atomic mass is 32.2. The Balaban J connectivity index is 2.58. The van der Waals surface area contributed by atoms with Crippen molar-refractivity contribution in [3.8, 4) is 0 Å². The summed E-state index contributed by atoms with van der Waals surface area (Å²) >= 11 is 0. The van der Waals surface area contributed by atoms with E-state index >= 15 is 0 Å². The second-order valence-electron chi connectivity index (χ2n) is 5.42. The molecule has 1 aliphatic carbocycles. The molecule has 1 saturated carbocycles. The first-order valence-corrected chi connectivity index (χ1v) is 7.69. The number of hydrogen-bond acceptors (Lipinski definition) is 2. The number of hydrogen-bond donors (Lipinski definition) is 0. The van der Waals surface area contributed by atoms with Crippen molar-refractivity contribution in [1.82, 2.24) is 0 Å². The molecule has 3 heteroatoms. The maximum atomic E-state index is 12.0. The minimum atomic E-state index is -2.85. The number of rotatable bonds is 3.